The highest BCUT2D eigenvalue weighted by atomic mass is 79.9. The summed E-state index contributed by atoms with van der Waals surface area (Å²) in [5, 5.41) is 17.4. The second kappa shape index (κ2) is 6.60. The van der Waals surface area contributed by atoms with Crippen LogP contribution in [0, 0.1) is 34.5 Å². The van der Waals surface area contributed by atoms with Crippen LogP contribution in [-0.2, 0) is 12.8 Å². The summed E-state index contributed by atoms with van der Waals surface area (Å²) in [4.78, 5) is 4.92. The van der Waals surface area contributed by atoms with Crippen LogP contribution in [0.2, 0.25) is 0 Å². The Morgan fingerprint density at radius 3 is 2.73 bits per heavy atom. The lowest BCUT2D eigenvalue weighted by atomic mass is 9.44. The summed E-state index contributed by atoms with van der Waals surface area (Å²) in [6.07, 6.45) is 11.7. The van der Waals surface area contributed by atoms with Gasteiger partial charge in [0, 0.05) is 21.7 Å². The van der Waals surface area contributed by atoms with Gasteiger partial charge in [-0.1, -0.05) is 29.8 Å². The molecule has 3 aromatic rings. The molecule has 33 heavy (non-hydrogen) atoms. The van der Waals surface area contributed by atoms with Gasteiger partial charge in [-0.25, -0.2) is 9.50 Å². The maximum atomic E-state index is 11.2. The zero-order chi connectivity index (χ0) is 22.8. The Labute approximate surface area is 204 Å². The predicted octanol–water partition coefficient (Wildman–Crippen LogP) is 6.35. The van der Waals surface area contributed by atoms with Gasteiger partial charge in [0.05, 0.1) is 11.1 Å². The highest BCUT2D eigenvalue weighted by Crippen LogP contribution is 2.67. The lowest BCUT2D eigenvalue weighted by Gasteiger charge is -2.61. The van der Waals surface area contributed by atoms with Crippen molar-refractivity contribution in [3.8, 4) is 0 Å². The molecule has 4 aliphatic carbocycles. The van der Waals surface area contributed by atoms with E-state index >= 15 is 0 Å². The zero-order valence-corrected chi connectivity index (χ0v) is 21.5. The fraction of sp³-hybridized carbons (Fsp3) is 0.643. The van der Waals surface area contributed by atoms with E-state index < -0.39 is 5.60 Å². The number of benzene rings is 1. The van der Waals surface area contributed by atoms with E-state index in [4.69, 9.17) is 10.1 Å². The number of aliphatic hydroxyl groups is 1. The van der Waals surface area contributed by atoms with Crippen molar-refractivity contribution in [1.29, 1.82) is 0 Å². The first-order chi connectivity index (χ1) is 15.7. The second-order valence-corrected chi connectivity index (χ2v) is 13.3. The van der Waals surface area contributed by atoms with Crippen molar-refractivity contribution in [3.63, 3.8) is 0 Å². The Balaban J connectivity index is 1.29. The summed E-state index contributed by atoms with van der Waals surface area (Å²) in [6, 6.07) is 6.32. The van der Waals surface area contributed by atoms with Gasteiger partial charge >= 0.3 is 0 Å². The van der Waals surface area contributed by atoms with Crippen molar-refractivity contribution in [1.82, 2.24) is 14.6 Å². The molecular weight excluding hydrogens is 474 g/mol. The van der Waals surface area contributed by atoms with E-state index in [0.717, 1.165) is 52.1 Å². The van der Waals surface area contributed by atoms with Gasteiger partial charge in [0.15, 0.2) is 5.65 Å². The molecule has 2 aromatic heterocycles. The molecule has 0 radical (unpaired) electrons. The number of rotatable bonds is 0. The Morgan fingerprint density at radius 1 is 1.06 bits per heavy atom. The average Bonchev–Trinajstić information content (AvgIpc) is 3.25. The average molecular weight is 509 g/mol. The molecule has 7 atom stereocenters. The molecule has 3 saturated carbocycles. The van der Waals surface area contributed by atoms with Crippen molar-refractivity contribution >= 4 is 32.5 Å². The highest BCUT2D eigenvalue weighted by molar-refractivity contribution is 9.10. The first-order valence-corrected chi connectivity index (χ1v) is 13.7. The van der Waals surface area contributed by atoms with Gasteiger partial charge in [-0.05, 0) is 117 Å². The van der Waals surface area contributed by atoms with Gasteiger partial charge in [-0.2, -0.15) is 5.10 Å². The van der Waals surface area contributed by atoms with Gasteiger partial charge in [0.2, 0.25) is 0 Å². The molecule has 4 nitrogen and oxygen atoms in total. The third-order valence-corrected chi connectivity index (χ3v) is 11.7. The SMILES string of the molecule is C[C@@]12Cc3cnc4c5ccc(Br)cc5nn4c3C[C@H]1CC[C@H]1[C@H]2CC[C@]2(C)[C@@H]1CC[C@@]2(C)O. The lowest BCUT2D eigenvalue weighted by Crippen LogP contribution is -2.56. The van der Waals surface area contributed by atoms with E-state index in [1.54, 1.807) is 0 Å². The van der Waals surface area contributed by atoms with Crippen LogP contribution in [0.25, 0.3) is 16.6 Å². The molecule has 3 fully saturated rings. The Morgan fingerprint density at radius 2 is 1.88 bits per heavy atom. The van der Waals surface area contributed by atoms with Crippen LogP contribution in [0.15, 0.2) is 28.9 Å². The van der Waals surface area contributed by atoms with E-state index in [9.17, 15) is 5.11 Å². The summed E-state index contributed by atoms with van der Waals surface area (Å²) < 4.78 is 3.22. The molecule has 4 aliphatic rings. The molecule has 1 aromatic carbocycles. The van der Waals surface area contributed by atoms with E-state index in [1.165, 1.54) is 43.4 Å². The van der Waals surface area contributed by atoms with Crippen LogP contribution < -0.4 is 0 Å². The quantitative estimate of drug-likeness (QED) is 0.385. The number of halogens is 1. The molecule has 2 heterocycles. The molecular formula is C28H34BrN3O. The molecule has 7 rings (SSSR count). The van der Waals surface area contributed by atoms with E-state index in [-0.39, 0.29) is 5.41 Å². The molecule has 0 unspecified atom stereocenters. The topological polar surface area (TPSA) is 50.4 Å². The number of hydrogen-bond acceptors (Lipinski definition) is 3. The summed E-state index contributed by atoms with van der Waals surface area (Å²) in [7, 11) is 0. The van der Waals surface area contributed by atoms with Gasteiger partial charge < -0.3 is 5.11 Å². The van der Waals surface area contributed by atoms with Crippen molar-refractivity contribution in [2.24, 2.45) is 34.5 Å². The first kappa shape index (κ1) is 20.9. The van der Waals surface area contributed by atoms with Crippen LogP contribution in [0.5, 0.6) is 0 Å². The van der Waals surface area contributed by atoms with Gasteiger partial charge in [0.25, 0.3) is 0 Å². The fourth-order valence-corrected chi connectivity index (χ4v) is 9.45. The first-order valence-electron chi connectivity index (χ1n) is 12.9. The summed E-state index contributed by atoms with van der Waals surface area (Å²) >= 11 is 3.59. The molecule has 5 heteroatoms. The fourth-order valence-electron chi connectivity index (χ4n) is 9.11. The van der Waals surface area contributed by atoms with Crippen molar-refractivity contribution < 1.29 is 5.11 Å². The Kier molecular flexibility index (Phi) is 4.18. The summed E-state index contributed by atoms with van der Waals surface area (Å²) in [5.41, 5.74) is 4.74. The molecule has 1 N–H and O–H groups in total. The maximum absolute atomic E-state index is 11.2. The van der Waals surface area contributed by atoms with Gasteiger partial charge in [-0.15, -0.1) is 0 Å². The third kappa shape index (κ3) is 2.61. The minimum absolute atomic E-state index is 0.0983. The summed E-state index contributed by atoms with van der Waals surface area (Å²) in [5.74, 6) is 2.92. The largest absolute Gasteiger partial charge is 0.390 e. The van der Waals surface area contributed by atoms with Crippen LogP contribution in [0.3, 0.4) is 0 Å². The Bertz CT molecular complexity index is 1300. The smallest absolute Gasteiger partial charge is 0.163 e. The van der Waals surface area contributed by atoms with Crippen molar-refractivity contribution in [2.45, 2.75) is 77.7 Å². The normalized spacial score (nSPS) is 42.1. The molecule has 0 aliphatic heterocycles. The van der Waals surface area contributed by atoms with Crippen LogP contribution in [-0.4, -0.2) is 25.3 Å². The van der Waals surface area contributed by atoms with Crippen molar-refractivity contribution in [2.75, 3.05) is 0 Å². The molecule has 0 amide bonds. The van der Waals surface area contributed by atoms with Crippen LogP contribution in [0.1, 0.15) is 70.6 Å². The van der Waals surface area contributed by atoms with E-state index in [2.05, 4.69) is 65.6 Å². The second-order valence-electron chi connectivity index (χ2n) is 12.4. The number of fused-ring (bicyclic) bond motifs is 10. The minimum atomic E-state index is -0.494. The predicted molar refractivity (Wildman–Crippen MR) is 134 cm³/mol. The lowest BCUT2D eigenvalue weighted by molar-refractivity contribution is -0.139. The maximum Gasteiger partial charge on any atom is 0.163 e. The van der Waals surface area contributed by atoms with Crippen molar-refractivity contribution in [3.05, 3.63) is 40.1 Å². The highest BCUT2D eigenvalue weighted by Gasteiger charge is 2.63. The summed E-state index contributed by atoms with van der Waals surface area (Å²) in [6.45, 7) is 7.10. The zero-order valence-electron chi connectivity index (χ0n) is 19.9. The van der Waals surface area contributed by atoms with Gasteiger partial charge in [0.1, 0.15) is 0 Å². The van der Waals surface area contributed by atoms with Crippen LogP contribution in [0.4, 0.5) is 0 Å². The molecule has 0 saturated heterocycles. The number of hydrogen-bond donors (Lipinski definition) is 1. The number of nitrogens with zero attached hydrogens (tertiary/aromatic N) is 3. The monoisotopic (exact) mass is 507 g/mol. The minimum Gasteiger partial charge on any atom is -0.390 e. The third-order valence-electron chi connectivity index (χ3n) is 11.2. The van der Waals surface area contributed by atoms with Crippen LogP contribution >= 0.6 is 15.9 Å². The molecule has 0 spiro atoms. The Hall–Kier alpha value is -1.46. The molecule has 174 valence electrons. The standard InChI is InChI=1S/C28H34BrN3O/c1-26-14-16-15-30-25-20-7-5-18(29)13-23(20)31-32(25)24(16)12-17(26)4-6-19-21(26)8-10-27(2)22(19)9-11-28(27,3)33/h5,7,13,15,17,19,21-22,33H,4,6,8-12,14H2,1-3H3/t17-,19+,21-,22-,26-,27-,28-/m1/s1. The van der Waals surface area contributed by atoms with Gasteiger partial charge in [-0.3, -0.25) is 0 Å². The van der Waals surface area contributed by atoms with E-state index in [0.29, 0.717) is 17.3 Å². The molecule has 0 bridgehead atoms. The van der Waals surface area contributed by atoms with E-state index in [1.807, 2.05) is 0 Å². The number of aromatic nitrogens is 3.